The number of nitro groups is 2. The fourth-order valence-corrected chi connectivity index (χ4v) is 3.74. The molecule has 118 valence electrons. The van der Waals surface area contributed by atoms with Crippen molar-refractivity contribution >= 4 is 5.91 Å². The predicted molar refractivity (Wildman–Crippen MR) is 67.8 cm³/mol. The zero-order valence-corrected chi connectivity index (χ0v) is 13.9. The van der Waals surface area contributed by atoms with Gasteiger partial charge in [-0.3, -0.25) is 25.0 Å². The van der Waals surface area contributed by atoms with Crippen molar-refractivity contribution in [1.82, 2.24) is 0 Å². The van der Waals surface area contributed by atoms with Crippen LogP contribution in [0.5, 0.6) is 0 Å². The van der Waals surface area contributed by atoms with Crippen LogP contribution in [0.4, 0.5) is 0 Å². The molecule has 2 N–H and O–H groups in total. The number of nitrogens with two attached hydrogens (primary N) is 1. The van der Waals surface area contributed by atoms with E-state index in [1.54, 1.807) is 14.1 Å². The fourth-order valence-electron chi connectivity index (χ4n) is 3.74. The maximum atomic E-state index is 11.5. The van der Waals surface area contributed by atoms with E-state index < -0.39 is 26.8 Å². The van der Waals surface area contributed by atoms with E-state index in [-0.39, 0.29) is 60.0 Å². The minimum absolute atomic E-state index is 0. The summed E-state index contributed by atoms with van der Waals surface area (Å²) in [5.74, 6) is -0.825. The highest BCUT2D eigenvalue weighted by Gasteiger charge is 2.68. The summed E-state index contributed by atoms with van der Waals surface area (Å²) >= 11 is 0. The van der Waals surface area contributed by atoms with Gasteiger partial charge < -0.3 is 34.2 Å². The van der Waals surface area contributed by atoms with E-state index in [9.17, 15) is 25.0 Å². The fraction of sp³-hybridized carbons (Fsp3) is 0.727. The SMILES string of the molecule is C[N+]1(C)CC2([N+](=O)[O-])C=C(C(N)=O)CC([N+](=O)[O-])(C2)C1.[I-]. The van der Waals surface area contributed by atoms with Gasteiger partial charge in [0.25, 0.3) is 11.1 Å². The van der Waals surface area contributed by atoms with E-state index in [0.29, 0.717) is 0 Å². The van der Waals surface area contributed by atoms with Crippen LogP contribution in [0.3, 0.4) is 0 Å². The molecule has 2 rings (SSSR count). The summed E-state index contributed by atoms with van der Waals surface area (Å²) in [6.07, 6.45) is 0.890. The van der Waals surface area contributed by atoms with Crippen LogP contribution in [0.25, 0.3) is 0 Å². The van der Waals surface area contributed by atoms with Crippen molar-refractivity contribution in [2.24, 2.45) is 5.73 Å². The Morgan fingerprint density at radius 3 is 2.29 bits per heavy atom. The second-order valence-corrected chi connectivity index (χ2v) is 6.48. The number of hydrogen-bond acceptors (Lipinski definition) is 5. The molecule has 9 nitrogen and oxygen atoms in total. The van der Waals surface area contributed by atoms with Crippen molar-refractivity contribution in [2.75, 3.05) is 27.2 Å². The molecular weight excluding hydrogens is 395 g/mol. The summed E-state index contributed by atoms with van der Waals surface area (Å²) in [4.78, 5) is 33.4. The first-order chi connectivity index (χ1) is 9.02. The average molecular weight is 412 g/mol. The Hall–Kier alpha value is -1.30. The number of rotatable bonds is 3. The van der Waals surface area contributed by atoms with Gasteiger partial charge in [0, 0.05) is 21.5 Å². The van der Waals surface area contributed by atoms with Gasteiger partial charge in [-0.2, -0.15) is 0 Å². The number of carbonyl (C=O) groups is 1. The van der Waals surface area contributed by atoms with Crippen LogP contribution < -0.4 is 29.7 Å². The molecule has 1 heterocycles. The van der Waals surface area contributed by atoms with Crippen molar-refractivity contribution in [1.29, 1.82) is 0 Å². The van der Waals surface area contributed by atoms with Gasteiger partial charge in [-0.15, -0.1) is 0 Å². The van der Waals surface area contributed by atoms with Gasteiger partial charge in [-0.25, -0.2) is 0 Å². The molecule has 10 heteroatoms. The number of quaternary nitrogens is 1. The number of amides is 1. The maximum Gasteiger partial charge on any atom is 0.295 e. The van der Waals surface area contributed by atoms with Crippen LogP contribution in [0.15, 0.2) is 11.6 Å². The molecule has 0 aromatic carbocycles. The van der Waals surface area contributed by atoms with Crippen LogP contribution >= 0.6 is 0 Å². The Labute approximate surface area is 138 Å². The second kappa shape index (κ2) is 5.16. The first-order valence-corrected chi connectivity index (χ1v) is 6.15. The highest BCUT2D eigenvalue weighted by Crippen LogP contribution is 2.44. The van der Waals surface area contributed by atoms with E-state index in [1.165, 1.54) is 6.08 Å². The van der Waals surface area contributed by atoms with Gasteiger partial charge in [0.2, 0.25) is 5.91 Å². The van der Waals surface area contributed by atoms with Gasteiger partial charge >= 0.3 is 0 Å². The van der Waals surface area contributed by atoms with Crippen LogP contribution in [-0.2, 0) is 4.79 Å². The Kier molecular flexibility index (Phi) is 4.36. The molecule has 21 heavy (non-hydrogen) atoms. The number of hydrogen-bond donors (Lipinski definition) is 1. The molecule has 2 unspecified atom stereocenters. The van der Waals surface area contributed by atoms with Crippen molar-refractivity contribution in [2.45, 2.75) is 23.9 Å². The number of primary amides is 1. The standard InChI is InChI=1S/C11H16N4O5.HI/c1-15(2)6-10(13(17)18)3-8(9(12)16)4-11(5-10,7-15)14(19)20;/h3H,4-7H2,1-2H3,(H-,12,16);1H. The van der Waals surface area contributed by atoms with Crippen molar-refractivity contribution in [3.63, 3.8) is 0 Å². The van der Waals surface area contributed by atoms with Crippen molar-refractivity contribution < 1.29 is 43.1 Å². The molecule has 1 amide bonds. The van der Waals surface area contributed by atoms with Crippen LogP contribution in [0.2, 0.25) is 0 Å². The Morgan fingerprint density at radius 2 is 1.86 bits per heavy atom. The molecule has 2 bridgehead atoms. The van der Waals surface area contributed by atoms with Gasteiger partial charge in [0.1, 0.15) is 6.42 Å². The van der Waals surface area contributed by atoms with Gasteiger partial charge in [-0.05, 0) is 0 Å². The molecule has 0 saturated carbocycles. The predicted octanol–water partition coefficient (Wildman–Crippen LogP) is -3.68. The van der Waals surface area contributed by atoms with E-state index in [4.69, 9.17) is 5.73 Å². The molecule has 0 spiro atoms. The highest BCUT2D eigenvalue weighted by atomic mass is 127. The number of likely N-dealkylation sites (tertiary alicyclic amines) is 1. The van der Waals surface area contributed by atoms with Crippen LogP contribution in [0, 0.1) is 20.2 Å². The molecule has 1 aliphatic heterocycles. The summed E-state index contributed by atoms with van der Waals surface area (Å²) in [6.45, 7) is 0.243. The Morgan fingerprint density at radius 1 is 1.29 bits per heavy atom. The topological polar surface area (TPSA) is 129 Å². The minimum Gasteiger partial charge on any atom is -1.00 e. The summed E-state index contributed by atoms with van der Waals surface area (Å²) in [7, 11) is 3.44. The first-order valence-electron chi connectivity index (χ1n) is 6.15. The van der Waals surface area contributed by atoms with Crippen molar-refractivity contribution in [3.8, 4) is 0 Å². The maximum absolute atomic E-state index is 11.5. The smallest absolute Gasteiger partial charge is 0.295 e. The third kappa shape index (κ3) is 2.86. The average Bonchev–Trinajstić information content (AvgIpc) is 2.25. The second-order valence-electron chi connectivity index (χ2n) is 6.48. The normalized spacial score (nSPS) is 33.3. The molecule has 1 fully saturated rings. The lowest BCUT2D eigenvalue weighted by molar-refractivity contribution is -0.933. The first kappa shape index (κ1) is 17.8. The third-order valence-electron chi connectivity index (χ3n) is 4.09. The number of likely N-dealkylation sites (N-methyl/N-ethyl adjacent to an activating group) is 1. The molecule has 1 aliphatic carbocycles. The zero-order valence-electron chi connectivity index (χ0n) is 11.7. The molecule has 0 radical (unpaired) electrons. The van der Waals surface area contributed by atoms with E-state index in [0.717, 1.165) is 0 Å². The summed E-state index contributed by atoms with van der Waals surface area (Å²) in [5.41, 5.74) is 2.08. The number of nitrogens with zero attached hydrogens (tertiary/aromatic N) is 3. The van der Waals surface area contributed by atoms with Gasteiger partial charge in [0.15, 0.2) is 13.1 Å². The summed E-state index contributed by atoms with van der Waals surface area (Å²) in [5, 5.41) is 23.0. The van der Waals surface area contributed by atoms with Gasteiger partial charge in [-0.1, -0.05) is 0 Å². The summed E-state index contributed by atoms with van der Waals surface area (Å²) in [6, 6.07) is 0. The van der Waals surface area contributed by atoms with E-state index >= 15 is 0 Å². The van der Waals surface area contributed by atoms with Crippen molar-refractivity contribution in [3.05, 3.63) is 31.9 Å². The molecule has 1 saturated heterocycles. The molecule has 0 aromatic heterocycles. The van der Waals surface area contributed by atoms with E-state index in [1.807, 2.05) is 0 Å². The van der Waals surface area contributed by atoms with Gasteiger partial charge in [0.05, 0.1) is 20.5 Å². The lowest BCUT2D eigenvalue weighted by Crippen LogP contribution is -3.00. The molecule has 2 atom stereocenters. The molecule has 0 aromatic rings. The lowest BCUT2D eigenvalue weighted by Gasteiger charge is -2.47. The highest BCUT2D eigenvalue weighted by molar-refractivity contribution is 5.92. The quantitative estimate of drug-likeness (QED) is 0.221. The molecule has 2 aliphatic rings. The monoisotopic (exact) mass is 412 g/mol. The van der Waals surface area contributed by atoms with Crippen LogP contribution in [0.1, 0.15) is 12.8 Å². The Bertz CT molecular complexity index is 549. The number of halogens is 1. The molecular formula is C11H17IN4O5. The Balaban J connectivity index is 0.00000220. The van der Waals surface area contributed by atoms with E-state index in [2.05, 4.69) is 0 Å². The minimum atomic E-state index is -1.60. The third-order valence-corrected chi connectivity index (χ3v) is 4.09. The number of piperidine rings is 1. The largest absolute Gasteiger partial charge is 1.00 e. The number of fused-ring (bicyclic) bond motifs is 2. The number of carbonyl (C=O) groups excluding carboxylic acids is 1. The summed E-state index contributed by atoms with van der Waals surface area (Å²) < 4.78 is 0.157. The zero-order chi connectivity index (χ0) is 15.3. The lowest BCUT2D eigenvalue weighted by atomic mass is 9.68. The van der Waals surface area contributed by atoms with Crippen LogP contribution in [-0.4, -0.2) is 58.5 Å².